The highest BCUT2D eigenvalue weighted by molar-refractivity contribution is 7.99. The van der Waals surface area contributed by atoms with E-state index in [-0.39, 0.29) is 58.9 Å². The zero-order valence-corrected chi connectivity index (χ0v) is 28.1. The van der Waals surface area contributed by atoms with Gasteiger partial charge in [-0.3, -0.25) is 19.2 Å². The molecule has 0 spiro atoms. The Bertz CT molecular complexity index is 1450. The van der Waals surface area contributed by atoms with E-state index in [9.17, 15) is 24.3 Å². The van der Waals surface area contributed by atoms with Crippen LogP contribution in [-0.4, -0.2) is 84.7 Å². The summed E-state index contributed by atoms with van der Waals surface area (Å²) in [5.74, 6) is 0.277. The number of hydrogen-bond acceptors (Lipinski definition) is 11. The molecule has 1 unspecified atom stereocenters. The number of ether oxygens (including phenoxy) is 1. The molecule has 1 heterocycles. The first-order chi connectivity index (χ1) is 21.2. The van der Waals surface area contributed by atoms with Crippen LogP contribution in [0.2, 0.25) is 0 Å². The Kier molecular flexibility index (Phi) is 9.35. The molecule has 1 aliphatic heterocycles. The monoisotopic (exact) mass is 640 g/mol. The number of piperazine rings is 1. The third-order valence-electron chi connectivity index (χ3n) is 12.3. The maximum atomic E-state index is 13.6. The largest absolute Gasteiger partial charge is 0.461 e. The zero-order valence-electron chi connectivity index (χ0n) is 27.3. The fraction of sp³-hybridized carbons (Fsp3) is 0.735. The zero-order chi connectivity index (χ0) is 32.9. The van der Waals surface area contributed by atoms with Gasteiger partial charge in [-0.05, 0) is 50.0 Å². The van der Waals surface area contributed by atoms with Crippen molar-refractivity contribution >= 4 is 34.9 Å². The van der Waals surface area contributed by atoms with Crippen LogP contribution in [-0.2, 0) is 14.3 Å². The molecule has 4 aliphatic rings. The number of aliphatic hydroxyl groups excluding tert-OH is 1. The Hall–Kier alpha value is -2.68. The van der Waals surface area contributed by atoms with E-state index >= 15 is 0 Å². The molecule has 0 radical (unpaired) electrons. The second kappa shape index (κ2) is 12.5. The Balaban J connectivity index is 1.34. The lowest BCUT2D eigenvalue weighted by molar-refractivity contribution is -0.205. The van der Waals surface area contributed by atoms with Crippen molar-refractivity contribution in [3.05, 3.63) is 33.1 Å². The number of aliphatic hydroxyl groups is 1. The van der Waals surface area contributed by atoms with Crippen LogP contribution in [0.25, 0.3) is 0 Å². The van der Waals surface area contributed by atoms with E-state index in [0.717, 1.165) is 19.3 Å². The van der Waals surface area contributed by atoms with Gasteiger partial charge in [0.05, 0.1) is 24.0 Å². The Morgan fingerprint density at radius 2 is 1.96 bits per heavy atom. The van der Waals surface area contributed by atoms with E-state index in [1.54, 1.807) is 6.08 Å². The molecule has 10 nitrogen and oxygen atoms in total. The molecule has 1 aromatic rings. The highest BCUT2D eigenvalue weighted by Crippen LogP contribution is 2.68. The van der Waals surface area contributed by atoms with Gasteiger partial charge < -0.3 is 25.0 Å². The minimum atomic E-state index is -0.714. The van der Waals surface area contributed by atoms with Gasteiger partial charge in [-0.15, -0.1) is 18.3 Å². The molecule has 3 saturated carbocycles. The molecular formula is C34H48N4O6S. The number of carbonyl (C=O) groups is 2. The quantitative estimate of drug-likeness (QED) is 0.178. The molecule has 246 valence electrons. The molecule has 3 aliphatic carbocycles. The van der Waals surface area contributed by atoms with Gasteiger partial charge in [0, 0.05) is 48.6 Å². The van der Waals surface area contributed by atoms with Gasteiger partial charge >= 0.3 is 5.97 Å². The molecule has 11 heteroatoms. The van der Waals surface area contributed by atoms with Gasteiger partial charge in [-0.25, -0.2) is 0 Å². The third kappa shape index (κ3) is 5.44. The normalized spacial score (nSPS) is 38.6. The van der Waals surface area contributed by atoms with Crippen LogP contribution in [0.1, 0.15) is 59.8 Å². The van der Waals surface area contributed by atoms with E-state index in [1.165, 1.54) is 11.8 Å². The van der Waals surface area contributed by atoms with Gasteiger partial charge in [0.1, 0.15) is 29.8 Å². The van der Waals surface area contributed by atoms with E-state index in [0.29, 0.717) is 43.9 Å². The topological polar surface area (TPSA) is 140 Å². The standard InChI is InChI=1S/C34H48N4O6S/c1-7-32(4)16-24(33(5)20(2)8-10-34(21(3)31(32)43)11-9-23(39)30(33)34)44-25(40)19-45-18-22-17-37(6)14-15-38(22)27-26(36-13-12-35)28(41)29(27)42/h7,20-22,24,30-31,36,43H,1,8-11,13-19H2,2-6H3/t20-,21+,22?,24-,30+,31+,32-,33+,34+/m1/s1. The molecule has 1 aromatic carbocycles. The molecule has 2 N–H and O–H groups in total. The average Bonchev–Trinajstić information content (AvgIpc) is 3.37. The molecule has 45 heavy (non-hydrogen) atoms. The van der Waals surface area contributed by atoms with E-state index < -0.39 is 33.9 Å². The number of ketones is 1. The Labute approximate surface area is 270 Å². The van der Waals surface area contributed by atoms with Crippen molar-refractivity contribution in [2.45, 2.75) is 78.0 Å². The fourth-order valence-corrected chi connectivity index (χ4v) is 10.3. The molecule has 0 amide bonds. The van der Waals surface area contributed by atoms with E-state index in [4.69, 9.17) is 10.00 Å². The maximum absolute atomic E-state index is 13.6. The summed E-state index contributed by atoms with van der Waals surface area (Å²) in [6.45, 7) is 14.3. The summed E-state index contributed by atoms with van der Waals surface area (Å²) in [5, 5.41) is 23.5. The summed E-state index contributed by atoms with van der Waals surface area (Å²) in [7, 11) is 2.00. The lowest BCUT2D eigenvalue weighted by Gasteiger charge is -2.61. The molecule has 5 rings (SSSR count). The van der Waals surface area contributed by atoms with Gasteiger partial charge in [-0.1, -0.05) is 33.8 Å². The van der Waals surface area contributed by atoms with Gasteiger partial charge in [0.15, 0.2) is 0 Å². The number of Topliss-reactive ketones (excluding diaryl/α,β-unsaturated/α-hetero) is 1. The number of esters is 1. The van der Waals surface area contributed by atoms with Gasteiger partial charge in [-0.2, -0.15) is 5.26 Å². The Morgan fingerprint density at radius 1 is 1.22 bits per heavy atom. The van der Waals surface area contributed by atoms with Crippen LogP contribution in [0.4, 0.5) is 11.4 Å². The molecule has 4 fully saturated rings. The Morgan fingerprint density at radius 3 is 2.64 bits per heavy atom. The third-order valence-corrected chi connectivity index (χ3v) is 13.4. The first-order valence-corrected chi connectivity index (χ1v) is 17.4. The van der Waals surface area contributed by atoms with Crippen molar-refractivity contribution in [1.29, 1.82) is 5.26 Å². The minimum Gasteiger partial charge on any atom is -0.461 e. The first kappa shape index (κ1) is 33.7. The minimum absolute atomic E-state index is 0.0655. The lowest BCUT2D eigenvalue weighted by atomic mass is 9.44. The predicted molar refractivity (Wildman–Crippen MR) is 176 cm³/mol. The maximum Gasteiger partial charge on any atom is 0.316 e. The van der Waals surface area contributed by atoms with Crippen molar-refractivity contribution in [2.75, 3.05) is 54.9 Å². The smallest absolute Gasteiger partial charge is 0.316 e. The van der Waals surface area contributed by atoms with Crippen LogP contribution in [0, 0.1) is 45.3 Å². The number of nitriles is 1. The molecule has 1 saturated heterocycles. The summed E-state index contributed by atoms with van der Waals surface area (Å²) in [5.41, 5.74) is -2.21. The first-order valence-electron chi connectivity index (χ1n) is 16.3. The number of likely N-dealkylation sites (N-methyl/N-ethyl adjacent to an activating group) is 1. The van der Waals surface area contributed by atoms with Crippen molar-refractivity contribution < 1.29 is 19.4 Å². The number of nitrogens with one attached hydrogen (secondary N) is 1. The number of hydrogen-bond donors (Lipinski definition) is 2. The fourth-order valence-electron chi connectivity index (χ4n) is 9.37. The molecule has 2 bridgehead atoms. The molecular weight excluding hydrogens is 592 g/mol. The second-order valence-corrected chi connectivity index (χ2v) is 15.6. The summed E-state index contributed by atoms with van der Waals surface area (Å²) in [6.07, 6.45) is 3.97. The van der Waals surface area contributed by atoms with Crippen LogP contribution in [0.15, 0.2) is 22.2 Å². The van der Waals surface area contributed by atoms with Crippen LogP contribution < -0.4 is 21.1 Å². The van der Waals surface area contributed by atoms with Gasteiger partial charge in [0.25, 0.3) is 10.9 Å². The van der Waals surface area contributed by atoms with Crippen LogP contribution in [0.5, 0.6) is 0 Å². The van der Waals surface area contributed by atoms with Crippen LogP contribution >= 0.6 is 11.8 Å². The average molecular weight is 641 g/mol. The second-order valence-electron chi connectivity index (χ2n) is 14.6. The van der Waals surface area contributed by atoms with Gasteiger partial charge in [0.2, 0.25) is 0 Å². The number of carbonyl (C=O) groups excluding carboxylic acids is 2. The highest BCUT2D eigenvalue weighted by Gasteiger charge is 2.68. The van der Waals surface area contributed by atoms with Crippen molar-refractivity contribution in [1.82, 2.24) is 4.90 Å². The number of nitrogens with zero attached hydrogens (tertiary/aromatic N) is 3. The van der Waals surface area contributed by atoms with Crippen molar-refractivity contribution in [3.63, 3.8) is 0 Å². The SMILES string of the molecule is C=C[C@]1(C)C[C@@H](OC(=O)CSCC2CN(C)CCN2c2c(NCC#N)c(=O)c2=O)[C@]2(C)[C@H](C)CC[C@]3(CCC(=O)[C@H]32)[C@@H](C)[C@@H]1O. The van der Waals surface area contributed by atoms with Crippen LogP contribution in [0.3, 0.4) is 0 Å². The van der Waals surface area contributed by atoms with Crippen molar-refractivity contribution in [2.24, 2.45) is 34.0 Å². The lowest BCUT2D eigenvalue weighted by Crippen LogP contribution is -2.63. The van der Waals surface area contributed by atoms with E-state index in [1.807, 2.05) is 24.9 Å². The summed E-state index contributed by atoms with van der Waals surface area (Å²) in [4.78, 5) is 56.1. The molecule has 9 atom stereocenters. The summed E-state index contributed by atoms with van der Waals surface area (Å²) < 4.78 is 6.39. The highest BCUT2D eigenvalue weighted by atomic mass is 32.2. The number of rotatable bonds is 9. The predicted octanol–water partition coefficient (Wildman–Crippen LogP) is 2.98. The van der Waals surface area contributed by atoms with Crippen molar-refractivity contribution in [3.8, 4) is 6.07 Å². The number of anilines is 2. The number of thioether (sulfide) groups is 1. The molecule has 0 aromatic heterocycles. The van der Waals surface area contributed by atoms with E-state index in [2.05, 4.69) is 37.6 Å². The summed E-state index contributed by atoms with van der Waals surface area (Å²) in [6, 6.07) is 1.83. The summed E-state index contributed by atoms with van der Waals surface area (Å²) >= 11 is 1.42.